The first-order valence-electron chi connectivity index (χ1n) is 4.59. The van der Waals surface area contributed by atoms with Crippen molar-refractivity contribution < 1.29 is 4.74 Å². The highest BCUT2D eigenvalue weighted by Crippen LogP contribution is 2.20. The van der Waals surface area contributed by atoms with Gasteiger partial charge in [-0.25, -0.2) is 0 Å². The van der Waals surface area contributed by atoms with Gasteiger partial charge in [-0.1, -0.05) is 0 Å². The van der Waals surface area contributed by atoms with E-state index >= 15 is 0 Å². The number of nitrogens with two attached hydrogens (primary N) is 2. The zero-order valence-corrected chi connectivity index (χ0v) is 9.78. The SMILES string of the molecule is COc1ccc(SC/C=N/N=C(N)N)cc1. The van der Waals surface area contributed by atoms with Crippen LogP contribution in [0.1, 0.15) is 0 Å². The minimum absolute atomic E-state index is 0.0364. The maximum atomic E-state index is 5.11. The number of benzene rings is 1. The molecule has 16 heavy (non-hydrogen) atoms. The molecule has 0 aromatic heterocycles. The summed E-state index contributed by atoms with van der Waals surface area (Å²) in [6.07, 6.45) is 1.65. The second kappa shape index (κ2) is 6.73. The van der Waals surface area contributed by atoms with Crippen molar-refractivity contribution >= 4 is 23.9 Å². The number of ether oxygens (including phenoxy) is 1. The average Bonchev–Trinajstić information content (AvgIpc) is 2.29. The summed E-state index contributed by atoms with van der Waals surface area (Å²) < 4.78 is 5.06. The molecule has 0 atom stereocenters. The van der Waals surface area contributed by atoms with Crippen LogP contribution < -0.4 is 16.2 Å². The van der Waals surface area contributed by atoms with Gasteiger partial charge < -0.3 is 16.2 Å². The number of hydrogen-bond acceptors (Lipinski definition) is 4. The lowest BCUT2D eigenvalue weighted by molar-refractivity contribution is 0.414. The number of guanidine groups is 1. The highest BCUT2D eigenvalue weighted by atomic mass is 32.2. The van der Waals surface area contributed by atoms with Gasteiger partial charge in [0.2, 0.25) is 5.96 Å². The van der Waals surface area contributed by atoms with Crippen LogP contribution in [0.5, 0.6) is 5.75 Å². The fourth-order valence-electron chi connectivity index (χ4n) is 0.946. The van der Waals surface area contributed by atoms with Crippen LogP contribution in [0, 0.1) is 0 Å². The van der Waals surface area contributed by atoms with E-state index in [0.717, 1.165) is 10.6 Å². The van der Waals surface area contributed by atoms with Crippen LogP contribution in [-0.4, -0.2) is 25.0 Å². The molecule has 1 aromatic rings. The summed E-state index contributed by atoms with van der Waals surface area (Å²) in [5.41, 5.74) is 10.2. The molecule has 0 aliphatic heterocycles. The molecule has 4 N–H and O–H groups in total. The Labute approximate surface area is 98.6 Å². The lowest BCUT2D eigenvalue weighted by Crippen LogP contribution is -2.21. The van der Waals surface area contributed by atoms with E-state index in [1.165, 1.54) is 0 Å². The van der Waals surface area contributed by atoms with Gasteiger partial charge in [0.25, 0.3) is 0 Å². The Morgan fingerprint density at radius 1 is 1.38 bits per heavy atom. The van der Waals surface area contributed by atoms with Crippen molar-refractivity contribution in [3.63, 3.8) is 0 Å². The number of rotatable bonds is 5. The molecule has 1 rings (SSSR count). The van der Waals surface area contributed by atoms with Crippen LogP contribution in [0.25, 0.3) is 0 Å². The lowest BCUT2D eigenvalue weighted by Gasteiger charge is -2.00. The first-order chi connectivity index (χ1) is 7.72. The molecule has 0 heterocycles. The van der Waals surface area contributed by atoms with E-state index in [1.807, 2.05) is 24.3 Å². The van der Waals surface area contributed by atoms with Gasteiger partial charge in [0.05, 0.1) is 7.11 Å². The normalized spacial score (nSPS) is 10.3. The predicted octanol–water partition coefficient (Wildman–Crippen LogP) is 1.05. The standard InChI is InChI=1S/C10H14N4OS/c1-15-8-2-4-9(5-3-8)16-7-6-13-14-10(11)12/h2-6H,7H2,1H3,(H4,11,12,14)/b13-6+. The van der Waals surface area contributed by atoms with Gasteiger partial charge in [-0.2, -0.15) is 5.10 Å². The molecule has 0 aliphatic rings. The van der Waals surface area contributed by atoms with E-state index in [2.05, 4.69) is 10.2 Å². The van der Waals surface area contributed by atoms with Crippen molar-refractivity contribution in [1.82, 2.24) is 0 Å². The topological polar surface area (TPSA) is 86.0 Å². The second-order valence-electron chi connectivity index (χ2n) is 2.81. The molecule has 1 aromatic carbocycles. The van der Waals surface area contributed by atoms with Crippen molar-refractivity contribution in [3.05, 3.63) is 24.3 Å². The van der Waals surface area contributed by atoms with Crippen LogP contribution in [-0.2, 0) is 0 Å². The van der Waals surface area contributed by atoms with Crippen molar-refractivity contribution in [3.8, 4) is 5.75 Å². The zero-order valence-electron chi connectivity index (χ0n) is 8.96. The summed E-state index contributed by atoms with van der Waals surface area (Å²) >= 11 is 1.64. The third-order valence-electron chi connectivity index (χ3n) is 1.64. The molecule has 0 spiro atoms. The zero-order chi connectivity index (χ0) is 11.8. The van der Waals surface area contributed by atoms with E-state index in [4.69, 9.17) is 16.2 Å². The van der Waals surface area contributed by atoms with Gasteiger partial charge in [0, 0.05) is 16.9 Å². The third-order valence-corrected chi connectivity index (χ3v) is 2.56. The quantitative estimate of drug-likeness (QED) is 0.347. The molecule has 0 aliphatic carbocycles. The van der Waals surface area contributed by atoms with Gasteiger partial charge in [-0.3, -0.25) is 0 Å². The Hall–Kier alpha value is -1.69. The molecule has 0 radical (unpaired) electrons. The van der Waals surface area contributed by atoms with Gasteiger partial charge in [0.15, 0.2) is 0 Å². The molecule has 0 amide bonds. The monoisotopic (exact) mass is 238 g/mol. The Morgan fingerprint density at radius 3 is 2.62 bits per heavy atom. The Kier molecular flexibility index (Phi) is 5.21. The van der Waals surface area contributed by atoms with Crippen molar-refractivity contribution in [2.75, 3.05) is 12.9 Å². The van der Waals surface area contributed by atoms with E-state index in [0.29, 0.717) is 5.75 Å². The van der Waals surface area contributed by atoms with Crippen LogP contribution in [0.2, 0.25) is 0 Å². The van der Waals surface area contributed by atoms with Crippen LogP contribution >= 0.6 is 11.8 Å². The fourth-order valence-corrected chi connectivity index (χ4v) is 1.61. The summed E-state index contributed by atoms with van der Waals surface area (Å²) in [5.74, 6) is 1.52. The first-order valence-corrected chi connectivity index (χ1v) is 5.58. The number of nitrogens with zero attached hydrogens (tertiary/aromatic N) is 2. The maximum Gasteiger partial charge on any atom is 0.211 e. The number of hydrogen-bond donors (Lipinski definition) is 2. The summed E-state index contributed by atoms with van der Waals surface area (Å²) in [6.45, 7) is 0. The number of thioether (sulfide) groups is 1. The predicted molar refractivity (Wildman–Crippen MR) is 68.0 cm³/mol. The minimum atomic E-state index is -0.0364. The van der Waals surface area contributed by atoms with Crippen molar-refractivity contribution in [2.45, 2.75) is 4.90 Å². The highest BCUT2D eigenvalue weighted by molar-refractivity contribution is 7.99. The van der Waals surface area contributed by atoms with Gasteiger partial charge in [-0.05, 0) is 24.3 Å². The summed E-state index contributed by atoms with van der Waals surface area (Å²) in [5, 5.41) is 7.18. The third kappa shape index (κ3) is 4.70. The summed E-state index contributed by atoms with van der Waals surface area (Å²) in [4.78, 5) is 1.14. The summed E-state index contributed by atoms with van der Waals surface area (Å²) in [7, 11) is 1.64. The Bertz CT molecular complexity index is 371. The Balaban J connectivity index is 2.37. The van der Waals surface area contributed by atoms with Crippen LogP contribution in [0.15, 0.2) is 39.4 Å². The molecule has 0 saturated heterocycles. The van der Waals surface area contributed by atoms with E-state index in [-0.39, 0.29) is 5.96 Å². The van der Waals surface area contributed by atoms with E-state index < -0.39 is 0 Å². The average molecular weight is 238 g/mol. The van der Waals surface area contributed by atoms with Crippen molar-refractivity contribution in [2.24, 2.45) is 21.7 Å². The summed E-state index contributed by atoms with van der Waals surface area (Å²) in [6, 6.07) is 7.79. The van der Waals surface area contributed by atoms with E-state index in [9.17, 15) is 0 Å². The largest absolute Gasteiger partial charge is 0.497 e. The van der Waals surface area contributed by atoms with Gasteiger partial charge >= 0.3 is 0 Å². The molecule has 0 bridgehead atoms. The lowest BCUT2D eigenvalue weighted by atomic mass is 10.3. The number of methoxy groups -OCH3 is 1. The highest BCUT2D eigenvalue weighted by Gasteiger charge is 1.93. The molecule has 6 heteroatoms. The van der Waals surface area contributed by atoms with Crippen LogP contribution in [0.4, 0.5) is 0 Å². The molecule has 86 valence electrons. The van der Waals surface area contributed by atoms with Crippen LogP contribution in [0.3, 0.4) is 0 Å². The first kappa shape index (κ1) is 12.4. The molecule has 5 nitrogen and oxygen atoms in total. The fraction of sp³-hybridized carbons (Fsp3) is 0.200. The molecule has 0 fully saturated rings. The molecular formula is C10H14N4OS. The molecule has 0 unspecified atom stereocenters. The maximum absolute atomic E-state index is 5.11. The molecular weight excluding hydrogens is 224 g/mol. The van der Waals surface area contributed by atoms with Gasteiger partial charge in [0.1, 0.15) is 5.75 Å². The van der Waals surface area contributed by atoms with Crippen molar-refractivity contribution in [1.29, 1.82) is 0 Å². The Morgan fingerprint density at radius 2 is 2.06 bits per heavy atom. The molecule has 0 saturated carbocycles. The minimum Gasteiger partial charge on any atom is -0.497 e. The van der Waals surface area contributed by atoms with Gasteiger partial charge in [-0.15, -0.1) is 16.9 Å². The van der Waals surface area contributed by atoms with E-state index in [1.54, 1.807) is 25.1 Å². The second-order valence-corrected chi connectivity index (χ2v) is 3.90. The smallest absolute Gasteiger partial charge is 0.211 e.